The number of carboxylic acid groups (broad SMARTS) is 1. The highest BCUT2D eigenvalue weighted by molar-refractivity contribution is 6.31. The van der Waals surface area contributed by atoms with Crippen LogP contribution in [0.15, 0.2) is 97.1 Å². The van der Waals surface area contributed by atoms with Gasteiger partial charge in [-0.25, -0.2) is 9.89 Å². The number of hydrogen-bond acceptors (Lipinski definition) is 5. The number of ether oxygens (including phenoxy) is 1. The zero-order chi connectivity index (χ0) is 31.8. The molecule has 0 aliphatic carbocycles. The van der Waals surface area contributed by atoms with Crippen LogP contribution in [0.25, 0.3) is 17.5 Å². The zero-order valence-electron chi connectivity index (χ0n) is 25.7. The molecule has 1 heterocycles. The highest BCUT2D eigenvalue weighted by Gasteiger charge is 2.16. The van der Waals surface area contributed by atoms with Gasteiger partial charge in [-0.1, -0.05) is 111 Å². The molecule has 1 aromatic heterocycles. The van der Waals surface area contributed by atoms with Crippen LogP contribution in [0.1, 0.15) is 65.4 Å². The van der Waals surface area contributed by atoms with E-state index < -0.39 is 5.97 Å². The Balaban J connectivity index is 1.31. The second-order valence-electron chi connectivity index (χ2n) is 12.2. The van der Waals surface area contributed by atoms with Crippen molar-refractivity contribution in [1.82, 2.24) is 20.6 Å². The SMILES string of the molecule is CC(C)(C)c1ccc(COc2ccccc2/C=C/C(CCc2ccc(-c3nnn[nH]3)cc2)Cc2ccc(C(=O)O)cc2)c(Cl)c1. The number of aromatic amines is 1. The number of aromatic carboxylic acids is 1. The highest BCUT2D eigenvalue weighted by Crippen LogP contribution is 2.29. The summed E-state index contributed by atoms with van der Waals surface area (Å²) < 4.78 is 6.28. The lowest BCUT2D eigenvalue weighted by Gasteiger charge is -2.20. The van der Waals surface area contributed by atoms with E-state index >= 15 is 0 Å². The van der Waals surface area contributed by atoms with Crippen molar-refractivity contribution in [3.8, 4) is 17.1 Å². The average molecular weight is 621 g/mol. The van der Waals surface area contributed by atoms with Crippen LogP contribution in [0, 0.1) is 5.92 Å². The van der Waals surface area contributed by atoms with Crippen LogP contribution in [0.2, 0.25) is 5.02 Å². The molecule has 1 unspecified atom stereocenters. The van der Waals surface area contributed by atoms with Crippen molar-refractivity contribution in [3.63, 3.8) is 0 Å². The number of rotatable bonds is 12. The van der Waals surface area contributed by atoms with Crippen LogP contribution in [-0.2, 0) is 24.9 Å². The Kier molecular flexibility index (Phi) is 10.1. The van der Waals surface area contributed by atoms with Crippen molar-refractivity contribution in [2.75, 3.05) is 0 Å². The average Bonchev–Trinajstić information content (AvgIpc) is 3.57. The van der Waals surface area contributed by atoms with Crippen LogP contribution in [-0.4, -0.2) is 31.7 Å². The van der Waals surface area contributed by atoms with Crippen molar-refractivity contribution in [3.05, 3.63) is 135 Å². The molecule has 5 aromatic rings. The number of carboxylic acids is 1. The molecule has 0 aliphatic rings. The Morgan fingerprint density at radius 2 is 1.71 bits per heavy atom. The third-order valence-corrected chi connectivity index (χ3v) is 8.20. The van der Waals surface area contributed by atoms with Gasteiger partial charge in [0.15, 0.2) is 5.82 Å². The van der Waals surface area contributed by atoms with Gasteiger partial charge < -0.3 is 9.84 Å². The van der Waals surface area contributed by atoms with Gasteiger partial charge in [0.05, 0.1) is 5.56 Å². The summed E-state index contributed by atoms with van der Waals surface area (Å²) in [6.45, 7) is 6.88. The number of para-hydroxylation sites is 1. The number of H-pyrrole nitrogens is 1. The second kappa shape index (κ2) is 14.4. The summed E-state index contributed by atoms with van der Waals surface area (Å²) in [5.74, 6) is 0.695. The molecular weight excluding hydrogens is 584 g/mol. The van der Waals surface area contributed by atoms with E-state index in [4.69, 9.17) is 16.3 Å². The quantitative estimate of drug-likeness (QED) is 0.145. The molecule has 5 rings (SSSR count). The van der Waals surface area contributed by atoms with E-state index in [0.717, 1.165) is 47.3 Å². The van der Waals surface area contributed by atoms with E-state index in [-0.39, 0.29) is 16.9 Å². The Bertz CT molecular complexity index is 1740. The van der Waals surface area contributed by atoms with Crippen LogP contribution < -0.4 is 4.74 Å². The first-order chi connectivity index (χ1) is 21.7. The number of allylic oxidation sites excluding steroid dienone is 1. The fraction of sp³-hybridized carbons (Fsp3) is 0.243. The molecule has 0 aliphatic heterocycles. The third kappa shape index (κ3) is 8.67. The number of hydrogen-bond donors (Lipinski definition) is 2. The summed E-state index contributed by atoms with van der Waals surface area (Å²) in [5, 5.41) is 24.1. The number of aromatic nitrogens is 4. The van der Waals surface area contributed by atoms with Crippen molar-refractivity contribution in [1.29, 1.82) is 0 Å². The Morgan fingerprint density at radius 3 is 2.38 bits per heavy atom. The summed E-state index contributed by atoms with van der Waals surface area (Å²) in [4.78, 5) is 11.4. The van der Waals surface area contributed by atoms with E-state index in [2.05, 4.69) is 71.7 Å². The Hall–Kier alpha value is -4.75. The lowest BCUT2D eigenvalue weighted by atomic mass is 9.87. The number of carbonyl (C=O) groups is 1. The molecule has 4 aromatic carbocycles. The first-order valence-electron chi connectivity index (χ1n) is 15.0. The first-order valence-corrected chi connectivity index (χ1v) is 15.4. The van der Waals surface area contributed by atoms with Crippen LogP contribution in [0.4, 0.5) is 0 Å². The smallest absolute Gasteiger partial charge is 0.335 e. The van der Waals surface area contributed by atoms with Crippen molar-refractivity contribution in [2.24, 2.45) is 5.92 Å². The zero-order valence-corrected chi connectivity index (χ0v) is 26.5. The van der Waals surface area contributed by atoms with Crippen molar-refractivity contribution >= 4 is 23.6 Å². The third-order valence-electron chi connectivity index (χ3n) is 7.84. The lowest BCUT2D eigenvalue weighted by molar-refractivity contribution is 0.0697. The summed E-state index contributed by atoms with van der Waals surface area (Å²) in [6, 6.07) is 29.5. The monoisotopic (exact) mass is 620 g/mol. The lowest BCUT2D eigenvalue weighted by Crippen LogP contribution is -2.11. The highest BCUT2D eigenvalue weighted by atomic mass is 35.5. The molecular formula is C37H37ClN4O3. The first kappa shape index (κ1) is 31.7. The molecule has 7 nitrogen and oxygen atoms in total. The fourth-order valence-electron chi connectivity index (χ4n) is 5.09. The molecule has 0 saturated carbocycles. The maximum absolute atomic E-state index is 11.4. The molecule has 0 bridgehead atoms. The fourth-order valence-corrected chi connectivity index (χ4v) is 5.33. The van der Waals surface area contributed by atoms with Gasteiger partial charge >= 0.3 is 5.97 Å². The number of aryl methyl sites for hydroxylation is 1. The normalized spacial score (nSPS) is 12.4. The van der Waals surface area contributed by atoms with Crippen LogP contribution in [0.3, 0.4) is 0 Å². The van der Waals surface area contributed by atoms with Gasteiger partial charge in [0.25, 0.3) is 0 Å². The van der Waals surface area contributed by atoms with Crippen molar-refractivity contribution < 1.29 is 14.6 Å². The van der Waals surface area contributed by atoms with Crippen LogP contribution >= 0.6 is 11.6 Å². The summed E-state index contributed by atoms with van der Waals surface area (Å²) in [6.07, 6.45) is 6.90. The molecule has 2 N–H and O–H groups in total. The van der Waals surface area contributed by atoms with Gasteiger partial charge in [0.2, 0.25) is 0 Å². The minimum atomic E-state index is -0.925. The summed E-state index contributed by atoms with van der Waals surface area (Å²) >= 11 is 6.63. The Labute approximate surface area is 268 Å². The number of nitrogens with zero attached hydrogens (tertiary/aromatic N) is 3. The minimum Gasteiger partial charge on any atom is -0.488 e. The predicted octanol–water partition coefficient (Wildman–Crippen LogP) is 8.60. The number of tetrazole rings is 1. The number of halogens is 1. The van der Waals surface area contributed by atoms with Gasteiger partial charge in [0.1, 0.15) is 12.4 Å². The van der Waals surface area contributed by atoms with Gasteiger partial charge in [0, 0.05) is 21.7 Å². The molecule has 8 heteroatoms. The number of benzene rings is 4. The van der Waals surface area contributed by atoms with E-state index in [1.807, 2.05) is 60.7 Å². The predicted molar refractivity (Wildman–Crippen MR) is 178 cm³/mol. The van der Waals surface area contributed by atoms with Gasteiger partial charge in [-0.2, -0.15) is 0 Å². The molecule has 1 atom stereocenters. The van der Waals surface area contributed by atoms with Gasteiger partial charge in [-0.05, 0) is 82.0 Å². The number of nitrogens with one attached hydrogen (secondary N) is 1. The molecule has 0 amide bonds. The maximum atomic E-state index is 11.4. The molecule has 0 radical (unpaired) electrons. The van der Waals surface area contributed by atoms with Gasteiger partial charge in [-0.3, -0.25) is 0 Å². The molecule has 0 spiro atoms. The van der Waals surface area contributed by atoms with Crippen LogP contribution in [0.5, 0.6) is 5.75 Å². The van der Waals surface area contributed by atoms with E-state index in [9.17, 15) is 9.90 Å². The van der Waals surface area contributed by atoms with E-state index in [0.29, 0.717) is 17.5 Å². The maximum Gasteiger partial charge on any atom is 0.335 e. The minimum absolute atomic E-state index is 0.0219. The van der Waals surface area contributed by atoms with E-state index in [1.54, 1.807) is 12.1 Å². The van der Waals surface area contributed by atoms with Gasteiger partial charge in [-0.15, -0.1) is 5.10 Å². The summed E-state index contributed by atoms with van der Waals surface area (Å²) in [5.41, 5.74) is 6.64. The second-order valence-corrected chi connectivity index (χ2v) is 12.6. The summed E-state index contributed by atoms with van der Waals surface area (Å²) in [7, 11) is 0. The molecule has 0 saturated heterocycles. The molecule has 230 valence electrons. The van der Waals surface area contributed by atoms with Crippen molar-refractivity contribution in [2.45, 2.75) is 52.1 Å². The largest absolute Gasteiger partial charge is 0.488 e. The standard InChI is InChI=1S/C37H37ClN4O3/c1-37(2,3)32-21-20-31(33(38)23-32)24-45-34-7-5-4-6-28(34)15-12-26(22-27-13-18-30(19-14-27)36(43)44)9-8-25-10-16-29(17-11-25)35-39-41-42-40-35/h4-7,10-21,23,26H,8-9,22,24H2,1-3H3,(H,43,44)(H,39,40,41,42)/b15-12+. The molecule has 0 fully saturated rings. The Morgan fingerprint density at radius 1 is 0.978 bits per heavy atom. The van der Waals surface area contributed by atoms with E-state index in [1.165, 1.54) is 11.1 Å². The molecule has 45 heavy (non-hydrogen) atoms. The topological polar surface area (TPSA) is 101 Å².